The Kier molecular flexibility index (Phi) is 3.49. The van der Waals surface area contributed by atoms with Crippen molar-refractivity contribution in [2.45, 2.75) is 13.3 Å². The number of rotatable bonds is 3. The van der Waals surface area contributed by atoms with E-state index in [0.717, 1.165) is 24.1 Å². The van der Waals surface area contributed by atoms with Gasteiger partial charge in [-0.25, -0.2) is 0 Å². The van der Waals surface area contributed by atoms with Crippen molar-refractivity contribution >= 4 is 0 Å². The molecule has 14 heavy (non-hydrogen) atoms. The quantitative estimate of drug-likeness (QED) is 0.756. The molecule has 0 spiro atoms. The first-order valence-electron chi connectivity index (χ1n) is 4.56. The van der Waals surface area contributed by atoms with Crippen molar-refractivity contribution in [3.05, 3.63) is 28.8 Å². The average molecular weight is 190 g/mol. The second-order valence-electron chi connectivity index (χ2n) is 3.27. The summed E-state index contributed by atoms with van der Waals surface area (Å²) in [6, 6.07) is 5.63. The van der Waals surface area contributed by atoms with E-state index in [1.165, 1.54) is 0 Å². The predicted octanol–water partition coefficient (Wildman–Crippen LogP) is 1.33. The van der Waals surface area contributed by atoms with Gasteiger partial charge in [-0.3, -0.25) is 0 Å². The minimum atomic E-state index is 0.0979. The number of phenolic OH excluding ortho intramolecular Hbond substituents is 1. The van der Waals surface area contributed by atoms with Crippen molar-refractivity contribution in [3.63, 3.8) is 0 Å². The lowest BCUT2D eigenvalue weighted by Gasteiger charge is -2.05. The number of nitriles is 1. The van der Waals surface area contributed by atoms with E-state index in [0.29, 0.717) is 5.56 Å². The Labute approximate surface area is 84.0 Å². The van der Waals surface area contributed by atoms with E-state index in [-0.39, 0.29) is 5.75 Å². The average Bonchev–Trinajstić information content (AvgIpc) is 2.19. The number of aryl methyl sites for hydroxylation is 1. The van der Waals surface area contributed by atoms with Gasteiger partial charge in [0.1, 0.15) is 11.8 Å². The Morgan fingerprint density at radius 1 is 1.50 bits per heavy atom. The maximum atomic E-state index is 9.51. The third kappa shape index (κ3) is 2.24. The molecule has 1 rings (SSSR count). The second kappa shape index (κ2) is 4.64. The van der Waals surface area contributed by atoms with Crippen LogP contribution in [0.1, 0.15) is 16.7 Å². The summed E-state index contributed by atoms with van der Waals surface area (Å²) in [5, 5.41) is 21.3. The molecule has 74 valence electrons. The highest BCUT2D eigenvalue weighted by Crippen LogP contribution is 2.23. The number of phenols is 1. The molecule has 0 bridgehead atoms. The van der Waals surface area contributed by atoms with E-state index in [9.17, 15) is 5.11 Å². The molecule has 1 aromatic rings. The molecule has 0 aliphatic rings. The summed E-state index contributed by atoms with van der Waals surface area (Å²) in [7, 11) is 1.89. The largest absolute Gasteiger partial charge is 0.506 e. The van der Waals surface area contributed by atoms with Crippen molar-refractivity contribution < 1.29 is 5.11 Å². The molecule has 3 nitrogen and oxygen atoms in total. The second-order valence-corrected chi connectivity index (χ2v) is 3.27. The van der Waals surface area contributed by atoms with Crippen LogP contribution in [0, 0.1) is 18.3 Å². The zero-order valence-corrected chi connectivity index (χ0v) is 8.46. The van der Waals surface area contributed by atoms with Crippen LogP contribution in [-0.2, 0) is 6.42 Å². The van der Waals surface area contributed by atoms with Crippen LogP contribution in [0.4, 0.5) is 0 Å². The topological polar surface area (TPSA) is 56.0 Å². The lowest BCUT2D eigenvalue weighted by atomic mass is 10.0. The van der Waals surface area contributed by atoms with Crippen LogP contribution in [0.15, 0.2) is 12.1 Å². The smallest absolute Gasteiger partial charge is 0.136 e. The van der Waals surface area contributed by atoms with Gasteiger partial charge in [0.2, 0.25) is 0 Å². The van der Waals surface area contributed by atoms with Gasteiger partial charge in [-0.1, -0.05) is 6.07 Å². The number of nitrogens with one attached hydrogen (secondary N) is 1. The first kappa shape index (κ1) is 10.6. The zero-order chi connectivity index (χ0) is 10.6. The number of nitrogens with zero attached hydrogens (tertiary/aromatic N) is 1. The third-order valence-corrected chi connectivity index (χ3v) is 2.14. The van der Waals surface area contributed by atoms with Crippen LogP contribution < -0.4 is 5.32 Å². The van der Waals surface area contributed by atoms with Gasteiger partial charge < -0.3 is 10.4 Å². The van der Waals surface area contributed by atoms with Crippen LogP contribution in [0.2, 0.25) is 0 Å². The molecule has 0 saturated heterocycles. The number of hydrogen-bond donors (Lipinski definition) is 2. The fourth-order valence-corrected chi connectivity index (χ4v) is 1.35. The van der Waals surface area contributed by atoms with Gasteiger partial charge in [-0.05, 0) is 44.1 Å². The normalized spacial score (nSPS) is 9.79. The molecule has 2 N–H and O–H groups in total. The van der Waals surface area contributed by atoms with Gasteiger partial charge in [-0.2, -0.15) is 5.26 Å². The number of hydrogen-bond acceptors (Lipinski definition) is 3. The van der Waals surface area contributed by atoms with E-state index in [2.05, 4.69) is 5.32 Å². The highest BCUT2D eigenvalue weighted by molar-refractivity contribution is 5.49. The molecule has 0 radical (unpaired) electrons. The van der Waals surface area contributed by atoms with Crippen LogP contribution in [0.25, 0.3) is 0 Å². The van der Waals surface area contributed by atoms with Gasteiger partial charge >= 0.3 is 0 Å². The van der Waals surface area contributed by atoms with Crippen molar-refractivity contribution in [2.75, 3.05) is 13.6 Å². The molecule has 0 saturated carbocycles. The van der Waals surface area contributed by atoms with Gasteiger partial charge in [0, 0.05) is 0 Å². The van der Waals surface area contributed by atoms with Crippen LogP contribution in [0.3, 0.4) is 0 Å². The Morgan fingerprint density at radius 2 is 2.21 bits per heavy atom. The Balaban J connectivity index is 2.99. The molecule has 0 heterocycles. The van der Waals surface area contributed by atoms with E-state index in [1.807, 2.05) is 19.2 Å². The highest BCUT2D eigenvalue weighted by Gasteiger charge is 2.05. The summed E-state index contributed by atoms with van der Waals surface area (Å²) in [5.74, 6) is 0.0979. The van der Waals surface area contributed by atoms with Gasteiger partial charge in [0.15, 0.2) is 0 Å². The molecule has 0 fully saturated rings. The Bertz CT molecular complexity index is 366. The van der Waals surface area contributed by atoms with Crippen LogP contribution >= 0.6 is 0 Å². The molecule has 0 aromatic heterocycles. The monoisotopic (exact) mass is 190 g/mol. The van der Waals surface area contributed by atoms with Crippen molar-refractivity contribution in [2.24, 2.45) is 0 Å². The highest BCUT2D eigenvalue weighted by atomic mass is 16.3. The summed E-state index contributed by atoms with van der Waals surface area (Å²) >= 11 is 0. The van der Waals surface area contributed by atoms with Crippen molar-refractivity contribution in [1.82, 2.24) is 5.32 Å². The zero-order valence-electron chi connectivity index (χ0n) is 8.46. The third-order valence-electron chi connectivity index (χ3n) is 2.14. The van der Waals surface area contributed by atoms with E-state index < -0.39 is 0 Å². The summed E-state index contributed by atoms with van der Waals surface area (Å²) in [6.45, 7) is 2.67. The predicted molar refractivity (Wildman–Crippen MR) is 55.2 cm³/mol. The van der Waals surface area contributed by atoms with Gasteiger partial charge in [-0.15, -0.1) is 0 Å². The maximum absolute atomic E-state index is 9.51. The van der Waals surface area contributed by atoms with Crippen molar-refractivity contribution in [1.29, 1.82) is 5.26 Å². The molecule has 0 atom stereocenters. The molecule has 3 heteroatoms. The molecule has 0 aliphatic heterocycles. The first-order valence-corrected chi connectivity index (χ1v) is 4.56. The lowest BCUT2D eigenvalue weighted by Crippen LogP contribution is -2.10. The molecular weight excluding hydrogens is 176 g/mol. The fraction of sp³-hybridized carbons (Fsp3) is 0.364. The first-order chi connectivity index (χ1) is 6.69. The minimum Gasteiger partial charge on any atom is -0.506 e. The summed E-state index contributed by atoms with van der Waals surface area (Å²) < 4.78 is 0. The van der Waals surface area contributed by atoms with E-state index in [4.69, 9.17) is 5.26 Å². The number of aromatic hydroxyl groups is 1. The minimum absolute atomic E-state index is 0.0979. The summed E-state index contributed by atoms with van der Waals surface area (Å²) in [4.78, 5) is 0. The Morgan fingerprint density at radius 3 is 2.79 bits per heavy atom. The number of likely N-dealkylation sites (N-methyl/N-ethyl adjacent to an activating group) is 1. The fourth-order valence-electron chi connectivity index (χ4n) is 1.35. The summed E-state index contributed by atoms with van der Waals surface area (Å²) in [6.07, 6.45) is 0.867. The molecule has 0 unspecified atom stereocenters. The lowest BCUT2D eigenvalue weighted by molar-refractivity contribution is 0.469. The Hall–Kier alpha value is -1.53. The molecule has 0 aliphatic carbocycles. The van der Waals surface area contributed by atoms with Crippen molar-refractivity contribution in [3.8, 4) is 11.8 Å². The maximum Gasteiger partial charge on any atom is 0.136 e. The molecular formula is C11H14N2O. The number of benzene rings is 1. The molecule has 1 aromatic carbocycles. The van der Waals surface area contributed by atoms with Crippen LogP contribution in [0.5, 0.6) is 5.75 Å². The summed E-state index contributed by atoms with van der Waals surface area (Å²) in [5.41, 5.74) is 2.19. The van der Waals surface area contributed by atoms with Crippen LogP contribution in [-0.4, -0.2) is 18.7 Å². The molecule has 0 amide bonds. The van der Waals surface area contributed by atoms with Gasteiger partial charge in [0.25, 0.3) is 0 Å². The van der Waals surface area contributed by atoms with E-state index in [1.54, 1.807) is 13.0 Å². The standard InChI is InChI=1S/C11H14N2O/c1-8-5-9(3-4-13-2)6-10(7-12)11(8)14/h5-6,13-14H,3-4H2,1-2H3. The SMILES string of the molecule is CNCCc1cc(C)c(O)c(C#N)c1. The van der Waals surface area contributed by atoms with Gasteiger partial charge in [0.05, 0.1) is 5.56 Å². The van der Waals surface area contributed by atoms with E-state index >= 15 is 0 Å².